The van der Waals surface area contributed by atoms with Gasteiger partial charge in [-0.3, -0.25) is 4.79 Å². The minimum Gasteiger partial charge on any atom is -0.378 e. The lowest BCUT2D eigenvalue weighted by Gasteiger charge is -2.27. The average molecular weight is 441 g/mol. The van der Waals surface area contributed by atoms with Gasteiger partial charge in [-0.2, -0.15) is 0 Å². The van der Waals surface area contributed by atoms with Crippen molar-refractivity contribution in [2.75, 3.05) is 44.3 Å². The summed E-state index contributed by atoms with van der Waals surface area (Å²) in [5, 5.41) is 0.805. The predicted molar refractivity (Wildman–Crippen MR) is 125 cm³/mol. The first-order valence-electron chi connectivity index (χ1n) is 11.1. The molecule has 1 amide bonds. The van der Waals surface area contributed by atoms with Crippen LogP contribution < -0.4 is 4.90 Å². The Morgan fingerprint density at radius 3 is 2.52 bits per heavy atom. The Hall–Kier alpha value is -2.12. The van der Waals surface area contributed by atoms with Crippen LogP contribution in [-0.4, -0.2) is 60.2 Å². The van der Waals surface area contributed by atoms with Gasteiger partial charge in [0.1, 0.15) is 5.82 Å². The summed E-state index contributed by atoms with van der Waals surface area (Å²) in [4.78, 5) is 26.8. The summed E-state index contributed by atoms with van der Waals surface area (Å²) in [6.07, 6.45) is 2.45. The van der Waals surface area contributed by atoms with Crippen LogP contribution in [0.4, 0.5) is 5.82 Å². The molecule has 0 bridgehead atoms. The standard InChI is InChI=1S/C24H32N4O2S/c1-24(2,3)20-16-21(27-9-4-5-10-27)26-23(25-20)31-17-18-7-6-8-19(15-18)22(29)28-11-13-30-14-12-28/h6-8,15-16H,4-5,9-14,17H2,1-3H3. The molecule has 31 heavy (non-hydrogen) atoms. The molecule has 3 heterocycles. The molecule has 2 aromatic rings. The summed E-state index contributed by atoms with van der Waals surface area (Å²) < 4.78 is 5.36. The molecule has 0 aliphatic carbocycles. The Morgan fingerprint density at radius 1 is 1.06 bits per heavy atom. The van der Waals surface area contributed by atoms with Gasteiger partial charge in [0, 0.05) is 49.0 Å². The number of carbonyl (C=O) groups excluding carboxylic acids is 1. The number of benzene rings is 1. The lowest BCUT2D eigenvalue weighted by atomic mass is 9.92. The van der Waals surface area contributed by atoms with E-state index in [0.717, 1.165) is 46.6 Å². The van der Waals surface area contributed by atoms with Crippen molar-refractivity contribution < 1.29 is 9.53 Å². The van der Waals surface area contributed by atoms with Crippen LogP contribution in [0, 0.1) is 0 Å². The fourth-order valence-corrected chi connectivity index (χ4v) is 4.66. The van der Waals surface area contributed by atoms with Crippen molar-refractivity contribution in [3.63, 3.8) is 0 Å². The summed E-state index contributed by atoms with van der Waals surface area (Å²) in [7, 11) is 0. The van der Waals surface area contributed by atoms with Gasteiger partial charge >= 0.3 is 0 Å². The molecule has 2 fully saturated rings. The zero-order valence-corrected chi connectivity index (χ0v) is 19.6. The number of hydrogen-bond donors (Lipinski definition) is 0. The van der Waals surface area contributed by atoms with Crippen molar-refractivity contribution in [1.82, 2.24) is 14.9 Å². The molecule has 0 atom stereocenters. The maximum Gasteiger partial charge on any atom is 0.254 e. The molecule has 1 aromatic heterocycles. The number of rotatable bonds is 5. The summed E-state index contributed by atoms with van der Waals surface area (Å²) in [6, 6.07) is 10.1. The molecule has 7 heteroatoms. The smallest absolute Gasteiger partial charge is 0.254 e. The fraction of sp³-hybridized carbons (Fsp3) is 0.542. The van der Waals surface area contributed by atoms with E-state index < -0.39 is 0 Å². The number of morpholine rings is 1. The molecular formula is C24H32N4O2S. The maximum atomic E-state index is 12.8. The summed E-state index contributed by atoms with van der Waals surface area (Å²) in [5.41, 5.74) is 2.89. The Balaban J connectivity index is 1.49. The molecule has 2 saturated heterocycles. The van der Waals surface area contributed by atoms with E-state index in [9.17, 15) is 4.79 Å². The van der Waals surface area contributed by atoms with Crippen molar-refractivity contribution >= 4 is 23.5 Å². The largest absolute Gasteiger partial charge is 0.378 e. The van der Waals surface area contributed by atoms with Gasteiger partial charge in [0.15, 0.2) is 5.16 Å². The summed E-state index contributed by atoms with van der Waals surface area (Å²) >= 11 is 1.64. The molecule has 166 valence electrons. The van der Waals surface area contributed by atoms with Crippen LogP contribution in [0.3, 0.4) is 0 Å². The Bertz CT molecular complexity index is 916. The topological polar surface area (TPSA) is 58.6 Å². The number of thioether (sulfide) groups is 1. The second-order valence-corrected chi connectivity index (χ2v) is 10.2. The monoisotopic (exact) mass is 440 g/mol. The highest BCUT2D eigenvalue weighted by Gasteiger charge is 2.22. The highest BCUT2D eigenvalue weighted by atomic mass is 32.2. The molecule has 6 nitrogen and oxygen atoms in total. The van der Waals surface area contributed by atoms with Crippen LogP contribution in [-0.2, 0) is 15.9 Å². The zero-order chi connectivity index (χ0) is 21.8. The zero-order valence-electron chi connectivity index (χ0n) is 18.8. The van der Waals surface area contributed by atoms with Crippen molar-refractivity contribution in [3.05, 3.63) is 47.2 Å². The van der Waals surface area contributed by atoms with E-state index in [4.69, 9.17) is 14.7 Å². The Morgan fingerprint density at radius 2 is 1.81 bits per heavy atom. The number of amides is 1. The number of ether oxygens (including phenoxy) is 1. The van der Waals surface area contributed by atoms with E-state index in [-0.39, 0.29) is 11.3 Å². The van der Waals surface area contributed by atoms with Crippen LogP contribution >= 0.6 is 11.8 Å². The van der Waals surface area contributed by atoms with Gasteiger partial charge in [-0.1, -0.05) is 44.7 Å². The van der Waals surface area contributed by atoms with Gasteiger partial charge < -0.3 is 14.5 Å². The number of nitrogens with zero attached hydrogens (tertiary/aromatic N) is 4. The van der Waals surface area contributed by atoms with Gasteiger partial charge in [0.2, 0.25) is 0 Å². The van der Waals surface area contributed by atoms with E-state index in [2.05, 4.69) is 37.8 Å². The Kier molecular flexibility index (Phi) is 6.82. The average Bonchev–Trinajstić information content (AvgIpc) is 3.32. The lowest BCUT2D eigenvalue weighted by molar-refractivity contribution is 0.0303. The second kappa shape index (κ2) is 9.57. The maximum absolute atomic E-state index is 12.8. The van der Waals surface area contributed by atoms with E-state index >= 15 is 0 Å². The van der Waals surface area contributed by atoms with Gasteiger partial charge in [0.05, 0.1) is 18.9 Å². The predicted octanol–water partition coefficient (Wildman–Crippen LogP) is 4.14. The van der Waals surface area contributed by atoms with Crippen molar-refractivity contribution in [1.29, 1.82) is 0 Å². The third-order valence-electron chi connectivity index (χ3n) is 5.73. The molecule has 0 spiro atoms. The first-order chi connectivity index (χ1) is 14.9. The minimum atomic E-state index is -0.0305. The van der Waals surface area contributed by atoms with Crippen molar-refractivity contribution in [2.45, 2.75) is 49.9 Å². The van der Waals surface area contributed by atoms with Gasteiger partial charge in [0.25, 0.3) is 5.91 Å². The van der Waals surface area contributed by atoms with E-state index in [1.165, 1.54) is 12.8 Å². The highest BCUT2D eigenvalue weighted by molar-refractivity contribution is 7.98. The summed E-state index contributed by atoms with van der Waals surface area (Å²) in [5.74, 6) is 1.85. The number of carbonyl (C=O) groups is 1. The van der Waals surface area contributed by atoms with Crippen LogP contribution in [0.2, 0.25) is 0 Å². The normalized spacial score (nSPS) is 17.3. The highest BCUT2D eigenvalue weighted by Crippen LogP contribution is 2.29. The van der Waals surface area contributed by atoms with Gasteiger partial charge in [-0.25, -0.2) is 9.97 Å². The van der Waals surface area contributed by atoms with Crippen LogP contribution in [0.1, 0.15) is 55.2 Å². The first-order valence-corrected chi connectivity index (χ1v) is 12.1. The Labute approximate surface area is 189 Å². The molecular weight excluding hydrogens is 408 g/mol. The molecule has 0 radical (unpaired) electrons. The third kappa shape index (κ3) is 5.57. The summed E-state index contributed by atoms with van der Waals surface area (Å²) in [6.45, 7) is 11.3. The van der Waals surface area contributed by atoms with Gasteiger partial charge in [-0.15, -0.1) is 0 Å². The number of aromatic nitrogens is 2. The fourth-order valence-electron chi connectivity index (χ4n) is 3.86. The molecule has 0 saturated carbocycles. The second-order valence-electron chi connectivity index (χ2n) is 9.23. The third-order valence-corrected chi connectivity index (χ3v) is 6.65. The molecule has 0 unspecified atom stereocenters. The van der Waals surface area contributed by atoms with Crippen LogP contribution in [0.25, 0.3) is 0 Å². The van der Waals surface area contributed by atoms with Gasteiger partial charge in [-0.05, 0) is 30.5 Å². The van der Waals surface area contributed by atoms with Crippen LogP contribution in [0.15, 0.2) is 35.5 Å². The molecule has 0 N–H and O–H groups in total. The molecule has 2 aliphatic rings. The first kappa shape index (κ1) is 22.1. The molecule has 2 aliphatic heterocycles. The lowest BCUT2D eigenvalue weighted by Crippen LogP contribution is -2.40. The minimum absolute atomic E-state index is 0.0305. The number of hydrogen-bond acceptors (Lipinski definition) is 6. The van der Waals surface area contributed by atoms with E-state index in [0.29, 0.717) is 26.3 Å². The van der Waals surface area contributed by atoms with Crippen molar-refractivity contribution in [3.8, 4) is 0 Å². The number of anilines is 1. The molecule has 1 aromatic carbocycles. The quantitative estimate of drug-likeness (QED) is 0.514. The van der Waals surface area contributed by atoms with Crippen LogP contribution in [0.5, 0.6) is 0 Å². The van der Waals surface area contributed by atoms with E-state index in [1.807, 2.05) is 23.1 Å². The van der Waals surface area contributed by atoms with Crippen molar-refractivity contribution in [2.24, 2.45) is 0 Å². The SMILES string of the molecule is CC(C)(C)c1cc(N2CCCC2)nc(SCc2cccc(C(=O)N3CCOCC3)c2)n1. The van der Waals surface area contributed by atoms with E-state index in [1.54, 1.807) is 11.8 Å². The molecule has 4 rings (SSSR count).